The lowest BCUT2D eigenvalue weighted by Gasteiger charge is -2.01. The third kappa shape index (κ3) is 2.90. The van der Waals surface area contributed by atoms with E-state index in [1.165, 1.54) is 0 Å². The molecule has 0 N–H and O–H groups in total. The van der Waals surface area contributed by atoms with E-state index in [1.807, 2.05) is 0 Å². The van der Waals surface area contributed by atoms with Crippen LogP contribution in [0.4, 0.5) is 13.2 Å². The van der Waals surface area contributed by atoms with E-state index in [1.54, 1.807) is 0 Å². The zero-order valence-corrected chi connectivity index (χ0v) is 4.87. The van der Waals surface area contributed by atoms with Gasteiger partial charge in [0, 0.05) is 6.20 Å². The Morgan fingerprint density at radius 1 is 1.56 bits per heavy atom. The molecule has 0 bridgehead atoms. The molecule has 0 aromatic carbocycles. The molecule has 0 aliphatic heterocycles. The van der Waals surface area contributed by atoms with Crippen LogP contribution >= 0.6 is 0 Å². The molecular formula is C5H6F3N. The lowest BCUT2D eigenvalue weighted by atomic mass is 10.4. The molecule has 0 saturated heterocycles. The van der Waals surface area contributed by atoms with Gasteiger partial charge in [0.05, 0.1) is 0 Å². The molecule has 0 rings (SSSR count). The van der Waals surface area contributed by atoms with E-state index in [0.29, 0.717) is 0 Å². The van der Waals surface area contributed by atoms with Crippen molar-refractivity contribution in [1.29, 1.82) is 0 Å². The number of alkyl halides is 3. The molecule has 0 radical (unpaired) electrons. The van der Waals surface area contributed by atoms with Crippen molar-refractivity contribution in [3.8, 4) is 0 Å². The van der Waals surface area contributed by atoms with Crippen LogP contribution < -0.4 is 0 Å². The molecule has 0 amide bonds. The molecular weight excluding hydrogens is 131 g/mol. The Morgan fingerprint density at radius 3 is 2.11 bits per heavy atom. The summed E-state index contributed by atoms with van der Waals surface area (Å²) in [7, 11) is 0. The summed E-state index contributed by atoms with van der Waals surface area (Å²) in [5.74, 6) is 0. The smallest absolute Gasteiger partial charge is 0.257 e. The normalized spacial score (nSPS) is 13.6. The number of rotatable bonds is 1. The van der Waals surface area contributed by atoms with Crippen molar-refractivity contribution in [2.45, 2.75) is 13.1 Å². The minimum Gasteiger partial charge on any atom is -0.257 e. The summed E-state index contributed by atoms with van der Waals surface area (Å²) >= 11 is 0. The van der Waals surface area contributed by atoms with Crippen LogP contribution in [0.15, 0.2) is 17.8 Å². The first kappa shape index (κ1) is 8.20. The first-order valence-electron chi connectivity index (χ1n) is 2.21. The van der Waals surface area contributed by atoms with Crippen LogP contribution in [-0.2, 0) is 0 Å². The van der Waals surface area contributed by atoms with Crippen LogP contribution in [-0.4, -0.2) is 11.9 Å². The average Bonchev–Trinajstić information content (AvgIpc) is 1.64. The lowest BCUT2D eigenvalue weighted by Crippen LogP contribution is -2.18. The zero-order valence-electron chi connectivity index (χ0n) is 4.87. The predicted molar refractivity (Wildman–Crippen MR) is 29.4 cm³/mol. The molecule has 0 saturated carbocycles. The van der Waals surface area contributed by atoms with Gasteiger partial charge < -0.3 is 0 Å². The van der Waals surface area contributed by atoms with Gasteiger partial charge in [0.25, 0.3) is 0 Å². The highest BCUT2D eigenvalue weighted by Gasteiger charge is 2.31. The SMILES string of the molecule is C=CN=C(C)C(F)(F)F. The van der Waals surface area contributed by atoms with E-state index < -0.39 is 11.9 Å². The standard InChI is InChI=1S/C5H6F3N/c1-3-9-4(2)5(6,7)8/h3H,1H2,2H3. The summed E-state index contributed by atoms with van der Waals surface area (Å²) in [6.07, 6.45) is -3.45. The van der Waals surface area contributed by atoms with Crippen molar-refractivity contribution >= 4 is 5.71 Å². The Balaban J connectivity index is 4.19. The summed E-state index contributed by atoms with van der Waals surface area (Å²) < 4.78 is 34.4. The minimum absolute atomic E-state index is 0.864. The number of nitrogens with zero attached hydrogens (tertiary/aromatic N) is 1. The minimum atomic E-state index is -4.31. The summed E-state index contributed by atoms with van der Waals surface area (Å²) in [6.45, 7) is 3.92. The second kappa shape index (κ2) is 2.66. The van der Waals surface area contributed by atoms with E-state index in [9.17, 15) is 13.2 Å². The Kier molecular flexibility index (Phi) is 2.42. The molecule has 52 valence electrons. The molecule has 0 aliphatic rings. The molecule has 0 atom stereocenters. The lowest BCUT2D eigenvalue weighted by molar-refractivity contribution is -0.0591. The average molecular weight is 137 g/mol. The summed E-state index contributed by atoms with van der Waals surface area (Å²) in [5, 5.41) is 0. The monoisotopic (exact) mass is 137 g/mol. The van der Waals surface area contributed by atoms with Gasteiger partial charge in [0.15, 0.2) is 0 Å². The zero-order chi connectivity index (χ0) is 7.49. The maximum absolute atomic E-state index is 11.5. The van der Waals surface area contributed by atoms with Gasteiger partial charge in [0.1, 0.15) is 5.71 Å². The molecule has 0 spiro atoms. The number of hydrogen-bond donors (Lipinski definition) is 0. The van der Waals surface area contributed by atoms with Crippen molar-refractivity contribution in [1.82, 2.24) is 0 Å². The molecule has 0 heterocycles. The first-order valence-corrected chi connectivity index (χ1v) is 2.21. The fourth-order valence-electron chi connectivity index (χ4n) is 0.210. The van der Waals surface area contributed by atoms with Crippen molar-refractivity contribution in [3.63, 3.8) is 0 Å². The van der Waals surface area contributed by atoms with E-state index in [4.69, 9.17) is 0 Å². The highest BCUT2D eigenvalue weighted by molar-refractivity contribution is 5.87. The molecule has 4 heteroatoms. The van der Waals surface area contributed by atoms with Crippen LogP contribution in [0.5, 0.6) is 0 Å². The number of hydrogen-bond acceptors (Lipinski definition) is 1. The van der Waals surface area contributed by atoms with Gasteiger partial charge in [-0.05, 0) is 6.92 Å². The Labute approximate surface area is 50.9 Å². The third-order valence-electron chi connectivity index (χ3n) is 0.695. The Morgan fingerprint density at radius 2 is 2.00 bits per heavy atom. The van der Waals surface area contributed by atoms with Gasteiger partial charge in [-0.3, -0.25) is 4.99 Å². The van der Waals surface area contributed by atoms with E-state index >= 15 is 0 Å². The van der Waals surface area contributed by atoms with Gasteiger partial charge in [-0.1, -0.05) is 6.58 Å². The van der Waals surface area contributed by atoms with Crippen LogP contribution in [0.3, 0.4) is 0 Å². The quantitative estimate of drug-likeness (QED) is 0.491. The van der Waals surface area contributed by atoms with Gasteiger partial charge in [-0.15, -0.1) is 0 Å². The summed E-state index contributed by atoms with van der Waals surface area (Å²) in [4.78, 5) is 2.95. The van der Waals surface area contributed by atoms with Gasteiger partial charge in [-0.25, -0.2) is 0 Å². The van der Waals surface area contributed by atoms with Gasteiger partial charge in [-0.2, -0.15) is 13.2 Å². The summed E-state index contributed by atoms with van der Waals surface area (Å²) in [5.41, 5.74) is -0.877. The highest BCUT2D eigenvalue weighted by atomic mass is 19.4. The molecule has 0 fully saturated rings. The second-order valence-electron chi connectivity index (χ2n) is 1.39. The van der Waals surface area contributed by atoms with Crippen LogP contribution in [0, 0.1) is 0 Å². The molecule has 1 nitrogen and oxygen atoms in total. The number of aliphatic imine (C=N–C) groups is 1. The molecule has 0 unspecified atom stereocenters. The maximum Gasteiger partial charge on any atom is 0.429 e. The molecule has 9 heavy (non-hydrogen) atoms. The highest BCUT2D eigenvalue weighted by Crippen LogP contribution is 2.16. The second-order valence-corrected chi connectivity index (χ2v) is 1.39. The first-order chi connectivity index (χ1) is 3.98. The molecule has 0 aromatic rings. The van der Waals surface area contributed by atoms with Crippen molar-refractivity contribution in [2.24, 2.45) is 4.99 Å². The van der Waals surface area contributed by atoms with Crippen molar-refractivity contribution in [3.05, 3.63) is 12.8 Å². The van der Waals surface area contributed by atoms with Crippen LogP contribution in [0.25, 0.3) is 0 Å². The predicted octanol–water partition coefficient (Wildman–Crippen LogP) is 2.15. The largest absolute Gasteiger partial charge is 0.429 e. The fourth-order valence-corrected chi connectivity index (χ4v) is 0.210. The van der Waals surface area contributed by atoms with Gasteiger partial charge >= 0.3 is 6.18 Å². The van der Waals surface area contributed by atoms with E-state index in [-0.39, 0.29) is 0 Å². The van der Waals surface area contributed by atoms with Crippen molar-refractivity contribution < 1.29 is 13.2 Å². The Bertz CT molecular complexity index is 134. The molecule has 0 aliphatic carbocycles. The fraction of sp³-hybridized carbons (Fsp3) is 0.400. The van der Waals surface area contributed by atoms with Crippen LogP contribution in [0.1, 0.15) is 6.92 Å². The van der Waals surface area contributed by atoms with Crippen LogP contribution in [0.2, 0.25) is 0 Å². The van der Waals surface area contributed by atoms with Crippen molar-refractivity contribution in [2.75, 3.05) is 0 Å². The van der Waals surface area contributed by atoms with E-state index in [0.717, 1.165) is 13.1 Å². The Hall–Kier alpha value is -0.800. The molecule has 0 aromatic heterocycles. The third-order valence-corrected chi connectivity index (χ3v) is 0.695. The summed E-state index contributed by atoms with van der Waals surface area (Å²) in [6, 6.07) is 0. The maximum atomic E-state index is 11.5. The number of halogens is 3. The topological polar surface area (TPSA) is 12.4 Å². The van der Waals surface area contributed by atoms with Gasteiger partial charge in [0.2, 0.25) is 0 Å². The van der Waals surface area contributed by atoms with E-state index in [2.05, 4.69) is 11.6 Å².